The van der Waals surface area contributed by atoms with Crippen LogP contribution in [-0.4, -0.2) is 47.2 Å². The van der Waals surface area contributed by atoms with Crippen molar-refractivity contribution in [2.45, 2.75) is 19.3 Å². The molecule has 1 N–H and O–H groups in total. The van der Waals surface area contributed by atoms with Crippen molar-refractivity contribution in [2.75, 3.05) is 37.0 Å². The number of aromatic hydroxyl groups is 1. The molecule has 0 saturated carbocycles. The summed E-state index contributed by atoms with van der Waals surface area (Å²) in [5, 5.41) is 9.54. The Morgan fingerprint density at radius 1 is 0.800 bits per heavy atom. The number of hydrogen-bond donors (Lipinski definition) is 1. The molecular formula is C22H25ClFN5O. The Labute approximate surface area is 181 Å². The van der Waals surface area contributed by atoms with Gasteiger partial charge in [-0.15, -0.1) is 0 Å². The number of likely N-dealkylation sites (N-methyl/N-ethyl adjacent to an activating group) is 1. The van der Waals surface area contributed by atoms with Gasteiger partial charge in [-0.05, 0) is 66.3 Å². The van der Waals surface area contributed by atoms with Crippen LogP contribution in [0, 0.1) is 5.82 Å². The molecule has 0 aliphatic rings. The Morgan fingerprint density at radius 2 is 1.33 bits per heavy atom. The van der Waals surface area contributed by atoms with Gasteiger partial charge in [-0.1, -0.05) is 24.3 Å². The average molecular weight is 430 g/mol. The van der Waals surface area contributed by atoms with Gasteiger partial charge in [0.2, 0.25) is 17.2 Å². The number of aromatic nitrogens is 3. The van der Waals surface area contributed by atoms with E-state index in [1.807, 2.05) is 36.0 Å². The molecule has 8 heteroatoms. The van der Waals surface area contributed by atoms with Gasteiger partial charge in [0.1, 0.15) is 11.6 Å². The minimum atomic E-state index is -0.224. The van der Waals surface area contributed by atoms with Crippen molar-refractivity contribution in [2.24, 2.45) is 0 Å². The third-order valence-corrected chi connectivity index (χ3v) is 4.98. The Bertz CT molecular complexity index is 953. The van der Waals surface area contributed by atoms with E-state index in [1.54, 1.807) is 24.3 Å². The Morgan fingerprint density at radius 3 is 1.97 bits per heavy atom. The van der Waals surface area contributed by atoms with Crippen LogP contribution in [0.25, 0.3) is 0 Å². The van der Waals surface area contributed by atoms with Gasteiger partial charge in [0.25, 0.3) is 0 Å². The first kappa shape index (κ1) is 21.8. The summed E-state index contributed by atoms with van der Waals surface area (Å²) >= 11 is 6.14. The molecule has 0 radical (unpaired) electrons. The summed E-state index contributed by atoms with van der Waals surface area (Å²) in [4.78, 5) is 16.9. The highest BCUT2D eigenvalue weighted by Gasteiger charge is 2.13. The van der Waals surface area contributed by atoms with Crippen LogP contribution in [0.1, 0.15) is 17.5 Å². The van der Waals surface area contributed by atoms with Crippen LogP contribution in [0.3, 0.4) is 0 Å². The number of hydrogen-bond acceptors (Lipinski definition) is 6. The van der Waals surface area contributed by atoms with Crippen LogP contribution in [-0.2, 0) is 12.8 Å². The first-order chi connectivity index (χ1) is 14.4. The molecule has 1 heterocycles. The van der Waals surface area contributed by atoms with Gasteiger partial charge in [0.15, 0.2) is 0 Å². The fourth-order valence-corrected chi connectivity index (χ4v) is 3.15. The second-order valence-corrected chi connectivity index (χ2v) is 7.53. The number of aryl methyl sites for hydroxylation is 1. The lowest BCUT2D eigenvalue weighted by Crippen LogP contribution is -2.26. The fraction of sp³-hybridized carbons (Fsp3) is 0.318. The number of phenolic OH excluding ortho intramolecular Hbond substituents is 1. The summed E-state index contributed by atoms with van der Waals surface area (Å²) in [7, 11) is 3.82. The van der Waals surface area contributed by atoms with E-state index in [4.69, 9.17) is 11.6 Å². The number of benzene rings is 2. The molecule has 158 valence electrons. The van der Waals surface area contributed by atoms with E-state index in [0.717, 1.165) is 36.9 Å². The summed E-state index contributed by atoms with van der Waals surface area (Å²) in [6.45, 7) is 1.42. The highest BCUT2D eigenvalue weighted by Crippen LogP contribution is 2.17. The molecule has 0 aliphatic heterocycles. The molecule has 0 saturated heterocycles. The Hall–Kier alpha value is -2.93. The van der Waals surface area contributed by atoms with Crippen molar-refractivity contribution >= 4 is 23.5 Å². The number of phenols is 1. The fourth-order valence-electron chi connectivity index (χ4n) is 3.00. The molecule has 2 aromatic carbocycles. The van der Waals surface area contributed by atoms with Gasteiger partial charge in [-0.2, -0.15) is 15.0 Å². The van der Waals surface area contributed by atoms with Crippen molar-refractivity contribution in [3.63, 3.8) is 0 Å². The molecule has 3 rings (SSSR count). The maximum absolute atomic E-state index is 13.0. The van der Waals surface area contributed by atoms with Crippen molar-refractivity contribution < 1.29 is 9.50 Å². The zero-order chi connectivity index (χ0) is 21.5. The van der Waals surface area contributed by atoms with Crippen LogP contribution < -0.4 is 9.80 Å². The second kappa shape index (κ2) is 10.2. The monoisotopic (exact) mass is 429 g/mol. The van der Waals surface area contributed by atoms with Gasteiger partial charge < -0.3 is 14.9 Å². The minimum absolute atomic E-state index is 0.150. The molecule has 30 heavy (non-hydrogen) atoms. The third-order valence-electron chi connectivity index (χ3n) is 4.81. The summed E-state index contributed by atoms with van der Waals surface area (Å²) in [5.41, 5.74) is 2.20. The molecule has 0 aliphatic carbocycles. The van der Waals surface area contributed by atoms with Gasteiger partial charge in [0, 0.05) is 27.2 Å². The predicted molar refractivity (Wildman–Crippen MR) is 118 cm³/mol. The number of anilines is 2. The molecule has 0 atom stereocenters. The van der Waals surface area contributed by atoms with Crippen LogP contribution >= 0.6 is 11.6 Å². The summed E-state index contributed by atoms with van der Waals surface area (Å²) in [5.74, 6) is 1.05. The molecule has 0 amide bonds. The standard InChI is InChI=1S/C22H25ClFN5O/c1-28(14-3-4-16-5-9-18(24)10-6-16)21-25-20(23)26-22(27-21)29(2)15-13-17-7-11-19(30)12-8-17/h5-12,30H,3-4,13-15H2,1-2H3. The maximum Gasteiger partial charge on any atom is 0.231 e. The summed E-state index contributed by atoms with van der Waals surface area (Å²) < 4.78 is 13.0. The molecular weight excluding hydrogens is 405 g/mol. The first-order valence-corrected chi connectivity index (χ1v) is 10.1. The molecule has 0 fully saturated rings. The van der Waals surface area contributed by atoms with E-state index in [-0.39, 0.29) is 16.9 Å². The number of rotatable bonds is 9. The second-order valence-electron chi connectivity index (χ2n) is 7.19. The third kappa shape index (κ3) is 6.29. The topological polar surface area (TPSA) is 65.4 Å². The predicted octanol–water partition coefficient (Wildman–Crippen LogP) is 4.12. The highest BCUT2D eigenvalue weighted by molar-refractivity contribution is 6.28. The summed E-state index contributed by atoms with van der Waals surface area (Å²) in [6.07, 6.45) is 2.49. The lowest BCUT2D eigenvalue weighted by atomic mass is 10.1. The van der Waals surface area contributed by atoms with E-state index >= 15 is 0 Å². The lowest BCUT2D eigenvalue weighted by molar-refractivity contribution is 0.475. The zero-order valence-corrected chi connectivity index (χ0v) is 17.8. The zero-order valence-electron chi connectivity index (χ0n) is 17.1. The van der Waals surface area contributed by atoms with Crippen LogP contribution in [0.5, 0.6) is 5.75 Å². The molecule has 1 aromatic heterocycles. The van der Waals surface area contributed by atoms with Crippen molar-refractivity contribution in [1.29, 1.82) is 0 Å². The van der Waals surface area contributed by atoms with Gasteiger partial charge >= 0.3 is 0 Å². The SMILES string of the molecule is CN(CCCc1ccc(F)cc1)c1nc(Cl)nc(N(C)CCc2ccc(O)cc2)n1. The number of halogens is 2. The van der Waals surface area contributed by atoms with E-state index in [1.165, 1.54) is 12.1 Å². The van der Waals surface area contributed by atoms with Crippen molar-refractivity contribution in [1.82, 2.24) is 15.0 Å². The van der Waals surface area contributed by atoms with Gasteiger partial charge in [-0.25, -0.2) is 4.39 Å². The molecule has 3 aromatic rings. The lowest BCUT2D eigenvalue weighted by Gasteiger charge is -2.21. The number of nitrogens with zero attached hydrogens (tertiary/aromatic N) is 5. The molecule has 6 nitrogen and oxygen atoms in total. The van der Waals surface area contributed by atoms with E-state index in [9.17, 15) is 9.50 Å². The Balaban J connectivity index is 1.57. The van der Waals surface area contributed by atoms with Crippen LogP contribution in [0.15, 0.2) is 48.5 Å². The summed E-state index contributed by atoms with van der Waals surface area (Å²) in [6, 6.07) is 13.7. The van der Waals surface area contributed by atoms with E-state index in [0.29, 0.717) is 18.4 Å². The average Bonchev–Trinajstić information content (AvgIpc) is 2.74. The first-order valence-electron chi connectivity index (χ1n) is 9.77. The van der Waals surface area contributed by atoms with Gasteiger partial charge in [-0.3, -0.25) is 0 Å². The van der Waals surface area contributed by atoms with E-state index in [2.05, 4.69) is 15.0 Å². The van der Waals surface area contributed by atoms with Gasteiger partial charge in [0.05, 0.1) is 0 Å². The normalized spacial score (nSPS) is 10.8. The molecule has 0 bridgehead atoms. The smallest absolute Gasteiger partial charge is 0.231 e. The minimum Gasteiger partial charge on any atom is -0.508 e. The quantitative estimate of drug-likeness (QED) is 0.552. The molecule has 0 unspecified atom stereocenters. The Kier molecular flexibility index (Phi) is 7.41. The van der Waals surface area contributed by atoms with Crippen molar-refractivity contribution in [3.05, 3.63) is 70.8 Å². The molecule has 0 spiro atoms. The van der Waals surface area contributed by atoms with Crippen molar-refractivity contribution in [3.8, 4) is 5.75 Å². The largest absolute Gasteiger partial charge is 0.508 e. The van der Waals surface area contributed by atoms with E-state index < -0.39 is 0 Å². The highest BCUT2D eigenvalue weighted by atomic mass is 35.5. The van der Waals surface area contributed by atoms with Crippen LogP contribution in [0.4, 0.5) is 16.3 Å². The maximum atomic E-state index is 13.0. The van der Waals surface area contributed by atoms with Crippen LogP contribution in [0.2, 0.25) is 5.28 Å².